The zero-order valence-electron chi connectivity index (χ0n) is 14.8. The van der Waals surface area contributed by atoms with Gasteiger partial charge in [-0.1, -0.05) is 54.1 Å². The molecule has 0 spiro atoms. The van der Waals surface area contributed by atoms with Gasteiger partial charge in [-0.25, -0.2) is 0 Å². The number of imide groups is 1. The van der Waals surface area contributed by atoms with E-state index >= 15 is 0 Å². The molecule has 0 saturated carbocycles. The number of rotatable bonds is 3. The fourth-order valence-electron chi connectivity index (χ4n) is 3.92. The Balaban J connectivity index is 1.56. The Bertz CT molecular complexity index is 979. The molecular formula is C21H19ClN2O3. The molecule has 0 bridgehead atoms. The summed E-state index contributed by atoms with van der Waals surface area (Å²) < 4.78 is 0. The fraction of sp³-hybridized carbons (Fsp3) is 0.286. The van der Waals surface area contributed by atoms with Crippen LogP contribution in [-0.2, 0) is 14.4 Å². The summed E-state index contributed by atoms with van der Waals surface area (Å²) in [5, 5.41) is 5.38. The summed E-state index contributed by atoms with van der Waals surface area (Å²) in [5.41, 5.74) is 0.658. The van der Waals surface area contributed by atoms with E-state index in [1.807, 2.05) is 42.5 Å². The van der Waals surface area contributed by atoms with Crippen LogP contribution in [0.3, 0.4) is 0 Å². The minimum absolute atomic E-state index is 0.286. The average molecular weight is 383 g/mol. The second-order valence-corrected chi connectivity index (χ2v) is 7.53. The predicted molar refractivity (Wildman–Crippen MR) is 104 cm³/mol. The molecule has 2 aliphatic rings. The van der Waals surface area contributed by atoms with Crippen LogP contribution >= 0.6 is 11.6 Å². The standard InChI is InChI=1S/C21H19ClN2O3/c1-12(24-20(26)16-10-9-14(22)11-17(16)21(24)27)19(25)23-18-8-4-6-13-5-2-3-7-15(13)18/h2-9,12,16-17H,10-11H2,1H3,(H,23,25)/t12-,16+,17+/m1/s1. The van der Waals surface area contributed by atoms with E-state index in [2.05, 4.69) is 5.32 Å². The van der Waals surface area contributed by atoms with Crippen LogP contribution < -0.4 is 5.32 Å². The number of allylic oxidation sites excluding steroid dienone is 2. The van der Waals surface area contributed by atoms with E-state index in [-0.39, 0.29) is 17.7 Å². The first-order chi connectivity index (χ1) is 13.0. The lowest BCUT2D eigenvalue weighted by Gasteiger charge is -2.22. The first-order valence-corrected chi connectivity index (χ1v) is 9.35. The highest BCUT2D eigenvalue weighted by molar-refractivity contribution is 6.30. The van der Waals surface area contributed by atoms with Gasteiger partial charge in [0.05, 0.1) is 11.8 Å². The summed E-state index contributed by atoms with van der Waals surface area (Å²) in [4.78, 5) is 39.4. The normalized spacial score (nSPS) is 23.2. The number of carbonyl (C=O) groups excluding carboxylic acids is 3. The molecule has 4 rings (SSSR count). The summed E-state index contributed by atoms with van der Waals surface area (Å²) in [6, 6.07) is 12.5. The second-order valence-electron chi connectivity index (χ2n) is 7.04. The van der Waals surface area contributed by atoms with Crippen molar-refractivity contribution in [1.82, 2.24) is 4.90 Å². The van der Waals surface area contributed by atoms with E-state index in [4.69, 9.17) is 11.6 Å². The van der Waals surface area contributed by atoms with Gasteiger partial charge in [-0.05, 0) is 31.2 Å². The fourth-order valence-corrected chi connectivity index (χ4v) is 4.18. The molecule has 2 aromatic carbocycles. The molecule has 0 aromatic heterocycles. The van der Waals surface area contributed by atoms with Crippen molar-refractivity contribution in [3.05, 3.63) is 53.6 Å². The van der Waals surface area contributed by atoms with E-state index in [0.29, 0.717) is 23.6 Å². The molecule has 1 N–H and O–H groups in total. The van der Waals surface area contributed by atoms with Crippen molar-refractivity contribution in [2.45, 2.75) is 25.8 Å². The highest BCUT2D eigenvalue weighted by Crippen LogP contribution is 2.39. The quantitative estimate of drug-likeness (QED) is 0.823. The van der Waals surface area contributed by atoms with Crippen LogP contribution in [-0.4, -0.2) is 28.7 Å². The maximum Gasteiger partial charge on any atom is 0.247 e. The summed E-state index contributed by atoms with van der Waals surface area (Å²) in [5.74, 6) is -1.84. The van der Waals surface area contributed by atoms with Crippen LogP contribution in [0.15, 0.2) is 53.6 Å². The van der Waals surface area contributed by atoms with Crippen molar-refractivity contribution in [3.8, 4) is 0 Å². The summed E-state index contributed by atoms with van der Waals surface area (Å²) in [6.07, 6.45) is 2.60. The SMILES string of the molecule is C[C@H](C(=O)Nc1cccc2ccccc12)N1C(=O)[C@H]2CC=C(Cl)C[C@@H]2C1=O. The number of nitrogens with one attached hydrogen (secondary N) is 1. The van der Waals surface area contributed by atoms with Gasteiger partial charge in [0.15, 0.2) is 0 Å². The van der Waals surface area contributed by atoms with Gasteiger partial charge in [0.1, 0.15) is 6.04 Å². The molecule has 1 fully saturated rings. The number of hydrogen-bond donors (Lipinski definition) is 1. The molecule has 1 aliphatic heterocycles. The van der Waals surface area contributed by atoms with Crippen LogP contribution in [0.4, 0.5) is 5.69 Å². The predicted octanol–water partition coefficient (Wildman–Crippen LogP) is 3.68. The monoisotopic (exact) mass is 382 g/mol. The highest BCUT2D eigenvalue weighted by Gasteiger charge is 2.51. The Kier molecular flexibility index (Phi) is 4.48. The van der Waals surface area contributed by atoms with Gasteiger partial charge in [0.2, 0.25) is 17.7 Å². The number of likely N-dealkylation sites (tertiary alicyclic amines) is 1. The number of halogens is 1. The van der Waals surface area contributed by atoms with Crippen molar-refractivity contribution in [2.24, 2.45) is 11.8 Å². The summed E-state index contributed by atoms with van der Waals surface area (Å²) in [7, 11) is 0. The molecule has 0 radical (unpaired) electrons. The van der Waals surface area contributed by atoms with Gasteiger partial charge >= 0.3 is 0 Å². The van der Waals surface area contributed by atoms with E-state index in [0.717, 1.165) is 15.7 Å². The molecule has 5 nitrogen and oxygen atoms in total. The van der Waals surface area contributed by atoms with Crippen molar-refractivity contribution in [1.29, 1.82) is 0 Å². The van der Waals surface area contributed by atoms with Gasteiger partial charge in [0.25, 0.3) is 0 Å². The molecular weight excluding hydrogens is 364 g/mol. The maximum absolute atomic E-state index is 12.8. The van der Waals surface area contributed by atoms with Gasteiger partial charge in [-0.15, -0.1) is 0 Å². The van der Waals surface area contributed by atoms with Crippen molar-refractivity contribution in [3.63, 3.8) is 0 Å². The van der Waals surface area contributed by atoms with Crippen LogP contribution in [0.5, 0.6) is 0 Å². The van der Waals surface area contributed by atoms with E-state index in [9.17, 15) is 14.4 Å². The number of carbonyl (C=O) groups is 3. The number of fused-ring (bicyclic) bond motifs is 2. The zero-order chi connectivity index (χ0) is 19.1. The first-order valence-electron chi connectivity index (χ1n) is 8.97. The van der Waals surface area contributed by atoms with E-state index in [1.54, 1.807) is 13.0 Å². The van der Waals surface area contributed by atoms with Gasteiger partial charge < -0.3 is 5.32 Å². The number of hydrogen-bond acceptors (Lipinski definition) is 3. The molecule has 6 heteroatoms. The molecule has 1 saturated heterocycles. The number of benzene rings is 2. The van der Waals surface area contributed by atoms with Crippen molar-refractivity contribution in [2.75, 3.05) is 5.32 Å². The molecule has 3 amide bonds. The average Bonchev–Trinajstić information content (AvgIpc) is 2.91. The molecule has 1 aliphatic carbocycles. The van der Waals surface area contributed by atoms with E-state index < -0.39 is 17.9 Å². The smallest absolute Gasteiger partial charge is 0.247 e. The maximum atomic E-state index is 12.8. The Labute approximate surface area is 162 Å². The van der Waals surface area contributed by atoms with Gasteiger partial charge in [-0.3, -0.25) is 19.3 Å². The van der Waals surface area contributed by atoms with Crippen molar-refractivity contribution < 1.29 is 14.4 Å². The number of anilines is 1. The van der Waals surface area contributed by atoms with E-state index in [1.165, 1.54) is 0 Å². The molecule has 138 valence electrons. The summed E-state index contributed by atoms with van der Waals surface area (Å²) in [6.45, 7) is 1.59. The third-order valence-electron chi connectivity index (χ3n) is 5.42. The minimum Gasteiger partial charge on any atom is -0.324 e. The lowest BCUT2D eigenvalue weighted by Crippen LogP contribution is -2.46. The van der Waals surface area contributed by atoms with Crippen LogP contribution in [0.25, 0.3) is 10.8 Å². The molecule has 0 unspecified atom stereocenters. The Morgan fingerprint density at radius 3 is 2.63 bits per heavy atom. The highest BCUT2D eigenvalue weighted by atomic mass is 35.5. The summed E-state index contributed by atoms with van der Waals surface area (Å²) >= 11 is 6.05. The lowest BCUT2D eigenvalue weighted by molar-refractivity contribution is -0.146. The topological polar surface area (TPSA) is 66.5 Å². The van der Waals surface area contributed by atoms with Crippen molar-refractivity contribution >= 4 is 45.8 Å². The van der Waals surface area contributed by atoms with Crippen LogP contribution in [0, 0.1) is 11.8 Å². The minimum atomic E-state index is -0.881. The number of amides is 3. The Morgan fingerprint density at radius 1 is 1.11 bits per heavy atom. The van der Waals surface area contributed by atoms with Crippen LogP contribution in [0.2, 0.25) is 0 Å². The first kappa shape index (κ1) is 17.7. The second kappa shape index (κ2) is 6.82. The molecule has 27 heavy (non-hydrogen) atoms. The van der Waals surface area contributed by atoms with Gasteiger partial charge in [-0.2, -0.15) is 0 Å². The molecule has 2 aromatic rings. The third-order valence-corrected chi connectivity index (χ3v) is 5.73. The zero-order valence-corrected chi connectivity index (χ0v) is 15.6. The number of nitrogens with zero attached hydrogens (tertiary/aromatic N) is 1. The molecule has 1 heterocycles. The lowest BCUT2D eigenvalue weighted by atomic mass is 9.85. The van der Waals surface area contributed by atoms with Gasteiger partial charge in [0, 0.05) is 16.1 Å². The molecule has 3 atom stereocenters. The third kappa shape index (κ3) is 3.02. The van der Waals surface area contributed by atoms with Crippen LogP contribution in [0.1, 0.15) is 19.8 Å². The largest absolute Gasteiger partial charge is 0.324 e. The Morgan fingerprint density at radius 2 is 1.81 bits per heavy atom. The Hall–Kier alpha value is -2.66.